The van der Waals surface area contributed by atoms with E-state index in [-0.39, 0.29) is 29.4 Å². The van der Waals surface area contributed by atoms with E-state index < -0.39 is 0 Å². The Morgan fingerprint density at radius 3 is 2.15 bits per heavy atom. The fourth-order valence-corrected chi connectivity index (χ4v) is 6.02. The van der Waals surface area contributed by atoms with Crippen LogP contribution in [0.5, 0.6) is 0 Å². The molecule has 0 aromatic heterocycles. The molecule has 2 fully saturated rings. The fraction of sp³-hybridized carbons (Fsp3) is 0.387. The number of piperidine rings is 1. The molecule has 0 aliphatic carbocycles. The number of carbonyl (C=O) groups is 1. The molecule has 1 atom stereocenters. The second kappa shape index (κ2) is 14.4. The van der Waals surface area contributed by atoms with E-state index >= 15 is 0 Å². The summed E-state index contributed by atoms with van der Waals surface area (Å²) in [5, 5.41) is 1.07. The Morgan fingerprint density at radius 1 is 0.872 bits per heavy atom. The summed E-state index contributed by atoms with van der Waals surface area (Å²) in [7, 11) is 0. The zero-order valence-electron chi connectivity index (χ0n) is 22.0. The monoisotopic (exact) mass is 590 g/mol. The number of hydrogen-bond donors (Lipinski definition) is 0. The molecule has 8 heteroatoms. The van der Waals surface area contributed by atoms with Gasteiger partial charge >= 0.3 is 6.09 Å². The van der Waals surface area contributed by atoms with Crippen LogP contribution >= 0.6 is 35.6 Å². The van der Waals surface area contributed by atoms with Gasteiger partial charge in [-0.15, -0.1) is 12.4 Å². The van der Waals surface area contributed by atoms with Gasteiger partial charge in [0.1, 0.15) is 6.61 Å². The van der Waals surface area contributed by atoms with Crippen LogP contribution in [-0.2, 0) is 23.1 Å². The van der Waals surface area contributed by atoms with Crippen molar-refractivity contribution in [2.75, 3.05) is 32.8 Å². The Balaban J connectivity index is 0.00000210. The van der Waals surface area contributed by atoms with E-state index in [0.717, 1.165) is 49.5 Å². The lowest BCUT2D eigenvalue weighted by molar-refractivity contribution is 0.0162. The standard InChI is InChI=1S/C31H34Cl2N2O2.ClH.H2O/c32-28-12-11-27(20-29(28)33)31(22-35(30(36)37-23-31)21-26-9-5-2-6-10-26)15-18-34-16-13-25(14-17-34)19-24-7-3-1-4-8-24;;/h1-12,20,25H,13-19,21-23H2;1H;1H2. The van der Waals surface area contributed by atoms with Crippen molar-refractivity contribution in [3.63, 3.8) is 0 Å². The topological polar surface area (TPSA) is 64.3 Å². The highest BCUT2D eigenvalue weighted by atomic mass is 35.5. The van der Waals surface area contributed by atoms with Crippen LogP contribution in [0.15, 0.2) is 78.9 Å². The maximum Gasteiger partial charge on any atom is 0.410 e. The molecule has 2 heterocycles. The van der Waals surface area contributed by atoms with E-state index in [9.17, 15) is 4.79 Å². The molecule has 39 heavy (non-hydrogen) atoms. The zero-order valence-corrected chi connectivity index (χ0v) is 24.4. The summed E-state index contributed by atoms with van der Waals surface area (Å²) < 4.78 is 5.82. The lowest BCUT2D eigenvalue weighted by Gasteiger charge is -2.44. The largest absolute Gasteiger partial charge is 0.448 e. The van der Waals surface area contributed by atoms with Gasteiger partial charge in [-0.25, -0.2) is 4.79 Å². The van der Waals surface area contributed by atoms with Crippen molar-refractivity contribution >= 4 is 41.7 Å². The van der Waals surface area contributed by atoms with Crippen molar-refractivity contribution in [1.82, 2.24) is 9.80 Å². The zero-order chi connectivity index (χ0) is 25.7. The Labute approximate surface area is 247 Å². The smallest absolute Gasteiger partial charge is 0.410 e. The Morgan fingerprint density at radius 2 is 1.51 bits per heavy atom. The van der Waals surface area contributed by atoms with E-state index in [1.165, 1.54) is 18.4 Å². The SMILES string of the molecule is Cl.O.O=C1OCC(CCN2CCC(Cc3ccccc3)CC2)(c2ccc(Cl)c(Cl)c2)CN1Cc1ccccc1. The molecule has 0 radical (unpaired) electrons. The fourth-order valence-electron chi connectivity index (χ4n) is 5.72. The number of nitrogens with zero attached hydrogens (tertiary/aromatic N) is 2. The summed E-state index contributed by atoms with van der Waals surface area (Å²) in [5.74, 6) is 0.736. The lowest BCUT2D eigenvalue weighted by Crippen LogP contribution is -2.53. The van der Waals surface area contributed by atoms with E-state index in [0.29, 0.717) is 29.7 Å². The average molecular weight is 592 g/mol. The van der Waals surface area contributed by atoms with Gasteiger partial charge in [-0.1, -0.05) is 89.9 Å². The van der Waals surface area contributed by atoms with Gasteiger partial charge in [0.15, 0.2) is 0 Å². The Kier molecular flexibility index (Phi) is 11.5. The molecule has 0 spiro atoms. The number of carbonyl (C=O) groups excluding carboxylic acids is 1. The molecule has 0 bridgehead atoms. The van der Waals surface area contributed by atoms with Crippen molar-refractivity contribution in [3.8, 4) is 0 Å². The number of cyclic esters (lactones) is 1. The maximum absolute atomic E-state index is 12.8. The molecular weight excluding hydrogens is 555 g/mol. The molecule has 2 aliphatic heterocycles. The highest BCUT2D eigenvalue weighted by Gasteiger charge is 2.42. The molecule has 3 aromatic rings. The van der Waals surface area contributed by atoms with Gasteiger partial charge in [0.2, 0.25) is 0 Å². The minimum absolute atomic E-state index is 0. The van der Waals surface area contributed by atoms with Gasteiger partial charge in [0.25, 0.3) is 0 Å². The molecule has 210 valence electrons. The summed E-state index contributed by atoms with van der Waals surface area (Å²) in [5.41, 5.74) is 3.25. The van der Waals surface area contributed by atoms with Crippen LogP contribution in [0.3, 0.4) is 0 Å². The average Bonchev–Trinajstić information content (AvgIpc) is 2.93. The van der Waals surface area contributed by atoms with Crippen molar-refractivity contribution in [2.24, 2.45) is 5.92 Å². The number of benzene rings is 3. The molecular formula is C31H37Cl3N2O3. The van der Waals surface area contributed by atoms with Crippen LogP contribution in [0, 0.1) is 5.92 Å². The summed E-state index contributed by atoms with van der Waals surface area (Å²) in [4.78, 5) is 17.2. The van der Waals surface area contributed by atoms with E-state index in [1.54, 1.807) is 0 Å². The van der Waals surface area contributed by atoms with Crippen LogP contribution in [-0.4, -0.2) is 54.2 Å². The molecule has 0 saturated carbocycles. The number of ether oxygens (including phenoxy) is 1. The Hall–Kier alpha value is -2.28. The van der Waals surface area contributed by atoms with E-state index in [1.807, 2.05) is 53.4 Å². The predicted molar refractivity (Wildman–Crippen MR) is 161 cm³/mol. The lowest BCUT2D eigenvalue weighted by atomic mass is 9.76. The van der Waals surface area contributed by atoms with Gasteiger partial charge in [0.05, 0.1) is 10.0 Å². The van der Waals surface area contributed by atoms with E-state index in [4.69, 9.17) is 27.9 Å². The molecule has 2 aliphatic rings. The van der Waals surface area contributed by atoms with Crippen LogP contribution < -0.4 is 0 Å². The first-order chi connectivity index (χ1) is 18.0. The highest BCUT2D eigenvalue weighted by Crippen LogP contribution is 2.37. The van der Waals surface area contributed by atoms with Crippen molar-refractivity contribution in [3.05, 3.63) is 106 Å². The van der Waals surface area contributed by atoms with Crippen LogP contribution in [0.2, 0.25) is 10.0 Å². The number of halogens is 3. The van der Waals surface area contributed by atoms with Crippen LogP contribution in [0.25, 0.3) is 0 Å². The summed E-state index contributed by atoms with van der Waals surface area (Å²) in [6.07, 6.45) is 4.20. The number of amides is 1. The molecule has 1 amide bonds. The van der Waals surface area contributed by atoms with Crippen molar-refractivity contribution in [1.29, 1.82) is 0 Å². The van der Waals surface area contributed by atoms with Crippen molar-refractivity contribution < 1.29 is 15.0 Å². The number of rotatable bonds is 8. The highest BCUT2D eigenvalue weighted by molar-refractivity contribution is 6.42. The Bertz CT molecular complexity index is 1190. The number of hydrogen-bond acceptors (Lipinski definition) is 3. The number of likely N-dealkylation sites (tertiary alicyclic amines) is 1. The van der Waals surface area contributed by atoms with Crippen molar-refractivity contribution in [2.45, 2.75) is 37.6 Å². The third-order valence-corrected chi connectivity index (χ3v) is 8.69. The molecule has 2 saturated heterocycles. The summed E-state index contributed by atoms with van der Waals surface area (Å²) >= 11 is 12.7. The third-order valence-electron chi connectivity index (χ3n) is 7.95. The molecule has 5 nitrogen and oxygen atoms in total. The maximum atomic E-state index is 12.8. The summed E-state index contributed by atoms with van der Waals surface area (Å²) in [6.45, 7) is 4.61. The van der Waals surface area contributed by atoms with Crippen LogP contribution in [0.1, 0.15) is 36.0 Å². The third kappa shape index (κ3) is 7.90. The molecule has 3 aromatic carbocycles. The minimum atomic E-state index is -0.349. The second-order valence-corrected chi connectivity index (χ2v) is 11.3. The van der Waals surface area contributed by atoms with Crippen LogP contribution in [0.4, 0.5) is 4.79 Å². The molecule has 5 rings (SSSR count). The molecule has 2 N–H and O–H groups in total. The van der Waals surface area contributed by atoms with Gasteiger partial charge in [-0.3, -0.25) is 0 Å². The molecule has 1 unspecified atom stereocenters. The first-order valence-corrected chi connectivity index (χ1v) is 13.9. The predicted octanol–water partition coefficient (Wildman–Crippen LogP) is 6.83. The van der Waals surface area contributed by atoms with Gasteiger partial charge in [-0.2, -0.15) is 0 Å². The first kappa shape index (κ1) is 31.3. The van der Waals surface area contributed by atoms with Gasteiger partial charge in [0, 0.05) is 18.5 Å². The minimum Gasteiger partial charge on any atom is -0.448 e. The summed E-state index contributed by atoms with van der Waals surface area (Å²) in [6, 6.07) is 26.7. The van der Waals surface area contributed by atoms with E-state index in [2.05, 4.69) is 35.2 Å². The normalized spacial score (nSPS) is 20.1. The quantitative estimate of drug-likeness (QED) is 0.289. The van der Waals surface area contributed by atoms with Gasteiger partial charge < -0.3 is 20.0 Å². The first-order valence-electron chi connectivity index (χ1n) is 13.2. The second-order valence-electron chi connectivity index (χ2n) is 10.5. The van der Waals surface area contributed by atoms with Gasteiger partial charge in [-0.05, 0) is 80.1 Å².